The fourth-order valence-corrected chi connectivity index (χ4v) is 3.49. The van der Waals surface area contributed by atoms with Gasteiger partial charge in [-0.15, -0.1) is 0 Å². The number of rotatable bonds is 6. The molecule has 0 aromatic heterocycles. The molecule has 3 N–H and O–H groups in total. The van der Waals surface area contributed by atoms with Gasteiger partial charge >= 0.3 is 18.2 Å². The fraction of sp³-hybridized carbons (Fsp3) is 0.471. The third-order valence-electron chi connectivity index (χ3n) is 3.36. The van der Waals surface area contributed by atoms with Crippen molar-refractivity contribution in [2.75, 3.05) is 6.54 Å². The molecule has 0 bridgehead atoms. The Morgan fingerprint density at radius 1 is 1.16 bits per heavy atom. The quantitative estimate of drug-likeness (QED) is 0.527. The van der Waals surface area contributed by atoms with Gasteiger partial charge in [-0.2, -0.15) is 17.9 Å². The number of carbonyl (C=O) groups excluding carboxylic acids is 3. The summed E-state index contributed by atoms with van der Waals surface area (Å²) in [4.78, 5) is 34.4. The van der Waals surface area contributed by atoms with Crippen LogP contribution in [0.25, 0.3) is 0 Å². The highest BCUT2D eigenvalue weighted by molar-refractivity contribution is 7.89. The molecule has 3 amide bonds. The highest BCUT2D eigenvalue weighted by Crippen LogP contribution is 2.33. The maximum atomic E-state index is 12.8. The summed E-state index contributed by atoms with van der Waals surface area (Å²) in [6.07, 6.45) is -6.27. The summed E-state index contributed by atoms with van der Waals surface area (Å²) >= 11 is 5.67. The minimum Gasteiger partial charge on any atom is -0.452 e. The molecule has 0 heterocycles. The van der Waals surface area contributed by atoms with Gasteiger partial charge in [0.15, 0.2) is 6.10 Å². The molecule has 9 nitrogen and oxygen atoms in total. The van der Waals surface area contributed by atoms with E-state index in [1.807, 2.05) is 5.32 Å². The molecule has 174 valence electrons. The summed E-state index contributed by atoms with van der Waals surface area (Å²) in [7, 11) is -4.61. The minimum absolute atomic E-state index is 0.319. The molecular formula is C17H21ClF3N3O6S. The van der Waals surface area contributed by atoms with Crippen molar-refractivity contribution in [2.24, 2.45) is 0 Å². The molecule has 31 heavy (non-hydrogen) atoms. The number of ether oxygens (including phenoxy) is 1. The minimum atomic E-state index is -4.81. The zero-order valence-corrected chi connectivity index (χ0v) is 18.5. The van der Waals surface area contributed by atoms with E-state index in [-0.39, 0.29) is 0 Å². The number of nitrogens with one attached hydrogen (secondary N) is 3. The Labute approximate surface area is 181 Å². The molecule has 0 radical (unpaired) electrons. The number of benzene rings is 1. The number of halogens is 4. The Bertz CT molecular complexity index is 961. The van der Waals surface area contributed by atoms with Gasteiger partial charge in [-0.25, -0.2) is 13.2 Å². The van der Waals surface area contributed by atoms with Crippen LogP contribution in [-0.4, -0.2) is 44.5 Å². The molecule has 0 aliphatic heterocycles. The Balaban J connectivity index is 2.73. The number of imide groups is 1. The maximum Gasteiger partial charge on any atom is 0.416 e. The van der Waals surface area contributed by atoms with Crippen molar-refractivity contribution < 1.29 is 40.7 Å². The average Bonchev–Trinajstić information content (AvgIpc) is 2.57. The van der Waals surface area contributed by atoms with Gasteiger partial charge in [0.05, 0.1) is 10.6 Å². The van der Waals surface area contributed by atoms with Crippen molar-refractivity contribution in [2.45, 2.75) is 50.4 Å². The van der Waals surface area contributed by atoms with Gasteiger partial charge in [-0.3, -0.25) is 14.9 Å². The molecule has 0 spiro atoms. The summed E-state index contributed by atoms with van der Waals surface area (Å²) in [5.41, 5.74) is -1.88. The molecule has 1 aromatic rings. The molecule has 0 fully saturated rings. The van der Waals surface area contributed by atoms with Gasteiger partial charge in [0.1, 0.15) is 11.4 Å². The Morgan fingerprint density at radius 3 is 2.26 bits per heavy atom. The molecule has 0 aliphatic carbocycles. The molecule has 0 saturated heterocycles. The number of alkyl halides is 3. The largest absolute Gasteiger partial charge is 0.452 e. The normalized spacial score (nSPS) is 13.3. The van der Waals surface area contributed by atoms with Crippen LogP contribution in [0.2, 0.25) is 5.02 Å². The number of hydrogen-bond acceptors (Lipinski definition) is 6. The van der Waals surface area contributed by atoms with Crippen LogP contribution in [0.3, 0.4) is 0 Å². The van der Waals surface area contributed by atoms with Gasteiger partial charge in [-0.1, -0.05) is 11.6 Å². The summed E-state index contributed by atoms with van der Waals surface area (Å²) in [5, 5.41) is 3.89. The number of urea groups is 1. The second kappa shape index (κ2) is 9.83. The first-order valence-electron chi connectivity index (χ1n) is 8.61. The lowest BCUT2D eigenvalue weighted by atomic mass is 10.1. The van der Waals surface area contributed by atoms with Gasteiger partial charge in [0.25, 0.3) is 5.91 Å². The summed E-state index contributed by atoms with van der Waals surface area (Å²) in [6, 6.07) is 0.845. The molecule has 1 atom stereocenters. The van der Waals surface area contributed by atoms with Crippen molar-refractivity contribution >= 4 is 39.5 Å². The lowest BCUT2D eigenvalue weighted by molar-refractivity contribution is -0.153. The summed E-state index contributed by atoms with van der Waals surface area (Å²) in [6.45, 7) is 5.15. The van der Waals surface area contributed by atoms with Crippen LogP contribution in [-0.2, 0) is 30.5 Å². The van der Waals surface area contributed by atoms with Gasteiger partial charge in [0.2, 0.25) is 10.0 Å². The SMILES string of the molecule is C[C@@H](OC(=O)CNS(=O)(=O)c1cc(C(F)(F)F)ccc1Cl)C(=O)NC(=O)NC(C)(C)C. The molecule has 0 aliphatic rings. The van der Waals surface area contributed by atoms with E-state index in [0.717, 1.165) is 13.0 Å². The Kier molecular flexibility index (Phi) is 8.45. The zero-order valence-electron chi connectivity index (χ0n) is 16.9. The third-order valence-corrected chi connectivity index (χ3v) is 5.24. The zero-order chi connectivity index (χ0) is 24.2. The Morgan fingerprint density at radius 2 is 1.74 bits per heavy atom. The number of carbonyl (C=O) groups is 3. The maximum absolute atomic E-state index is 12.8. The van der Waals surface area contributed by atoms with Gasteiger partial charge < -0.3 is 10.1 Å². The lowest BCUT2D eigenvalue weighted by Gasteiger charge is -2.21. The number of sulfonamides is 1. The highest BCUT2D eigenvalue weighted by Gasteiger charge is 2.33. The van der Waals surface area contributed by atoms with Crippen LogP contribution < -0.4 is 15.4 Å². The summed E-state index contributed by atoms with van der Waals surface area (Å²) in [5.74, 6) is -2.19. The van der Waals surface area contributed by atoms with Crippen LogP contribution in [0.15, 0.2) is 23.1 Å². The highest BCUT2D eigenvalue weighted by atomic mass is 35.5. The van der Waals surface area contributed by atoms with E-state index in [0.29, 0.717) is 12.1 Å². The number of hydrogen-bond donors (Lipinski definition) is 3. The van der Waals surface area contributed by atoms with E-state index in [2.05, 4.69) is 5.32 Å². The van der Waals surface area contributed by atoms with Crippen molar-refractivity contribution in [1.29, 1.82) is 0 Å². The number of esters is 1. The fourth-order valence-electron chi connectivity index (χ4n) is 2.00. The standard InChI is InChI=1S/C17H21ClF3N3O6S/c1-9(14(26)23-15(27)24-16(2,3)4)30-13(25)8-22-31(28,29)12-7-10(17(19,20)21)5-6-11(12)18/h5-7,9,22H,8H2,1-4H3,(H2,23,24,26,27)/t9-/m1/s1. The second-order valence-corrected chi connectivity index (χ2v) is 9.44. The lowest BCUT2D eigenvalue weighted by Crippen LogP contribution is -2.50. The molecule has 0 saturated carbocycles. The molecule has 14 heteroatoms. The summed E-state index contributed by atoms with van der Waals surface area (Å²) < 4.78 is 69.3. The molecule has 1 aromatic carbocycles. The molecule has 0 unspecified atom stereocenters. The van der Waals surface area contributed by atoms with Crippen molar-refractivity contribution in [3.8, 4) is 0 Å². The van der Waals surface area contributed by atoms with E-state index in [9.17, 15) is 36.0 Å². The van der Waals surface area contributed by atoms with Crippen LogP contribution in [0.1, 0.15) is 33.3 Å². The van der Waals surface area contributed by atoms with Crippen LogP contribution in [0.4, 0.5) is 18.0 Å². The van der Waals surface area contributed by atoms with Crippen molar-refractivity contribution in [3.63, 3.8) is 0 Å². The first kappa shape index (κ1) is 26.7. The van der Waals surface area contributed by atoms with Crippen LogP contribution in [0.5, 0.6) is 0 Å². The van der Waals surface area contributed by atoms with E-state index in [1.165, 1.54) is 0 Å². The number of amides is 3. The Hall–Kier alpha value is -2.38. The van der Waals surface area contributed by atoms with E-state index < -0.39 is 67.8 Å². The predicted octanol–water partition coefficient (Wildman–Crippen LogP) is 2.19. The smallest absolute Gasteiger partial charge is 0.416 e. The second-order valence-electron chi connectivity index (χ2n) is 7.29. The van der Waals surface area contributed by atoms with E-state index in [1.54, 1.807) is 25.5 Å². The molecule has 1 rings (SSSR count). The third kappa shape index (κ3) is 8.71. The van der Waals surface area contributed by atoms with Gasteiger partial charge in [-0.05, 0) is 45.9 Å². The van der Waals surface area contributed by atoms with Gasteiger partial charge in [0, 0.05) is 5.54 Å². The van der Waals surface area contributed by atoms with E-state index >= 15 is 0 Å². The van der Waals surface area contributed by atoms with Crippen molar-refractivity contribution in [1.82, 2.24) is 15.4 Å². The first-order valence-corrected chi connectivity index (χ1v) is 10.5. The van der Waals surface area contributed by atoms with Crippen molar-refractivity contribution in [3.05, 3.63) is 28.8 Å². The van der Waals surface area contributed by atoms with E-state index in [4.69, 9.17) is 16.3 Å². The monoisotopic (exact) mass is 487 g/mol. The average molecular weight is 488 g/mol. The van der Waals surface area contributed by atoms with Crippen LogP contribution >= 0.6 is 11.6 Å². The topological polar surface area (TPSA) is 131 Å². The predicted molar refractivity (Wildman–Crippen MR) is 104 cm³/mol. The van der Waals surface area contributed by atoms with Crippen LogP contribution in [0, 0.1) is 0 Å². The molecular weight excluding hydrogens is 467 g/mol. The first-order chi connectivity index (χ1) is 13.9.